The highest BCUT2D eigenvalue weighted by atomic mass is 35.5. The summed E-state index contributed by atoms with van der Waals surface area (Å²) in [6, 6.07) is 26.1. The zero-order valence-electron chi connectivity index (χ0n) is 16.3. The summed E-state index contributed by atoms with van der Waals surface area (Å²) < 4.78 is 5.92. The van der Waals surface area contributed by atoms with Crippen LogP contribution in [0.3, 0.4) is 0 Å². The van der Waals surface area contributed by atoms with Gasteiger partial charge < -0.3 is 15.2 Å². The smallest absolute Gasteiger partial charge is 0.120 e. The van der Waals surface area contributed by atoms with Crippen molar-refractivity contribution in [1.82, 2.24) is 5.32 Å². The predicted molar refractivity (Wildman–Crippen MR) is 117 cm³/mol. The van der Waals surface area contributed by atoms with Gasteiger partial charge in [0.1, 0.15) is 12.4 Å². The number of benzene rings is 3. The van der Waals surface area contributed by atoms with E-state index < -0.39 is 6.10 Å². The van der Waals surface area contributed by atoms with Crippen LogP contribution < -0.4 is 10.1 Å². The Hall–Kier alpha value is -2.33. The van der Waals surface area contributed by atoms with Crippen LogP contribution in [-0.2, 0) is 13.2 Å². The number of ether oxygens (including phenoxy) is 1. The molecule has 0 aliphatic rings. The molecule has 0 aromatic heterocycles. The van der Waals surface area contributed by atoms with Crippen LogP contribution in [0.2, 0.25) is 0 Å². The van der Waals surface area contributed by atoms with E-state index in [1.807, 2.05) is 55.5 Å². The van der Waals surface area contributed by atoms with Gasteiger partial charge in [-0.05, 0) is 42.7 Å². The quantitative estimate of drug-likeness (QED) is 0.548. The van der Waals surface area contributed by atoms with Gasteiger partial charge in [0.05, 0.1) is 6.10 Å². The fraction of sp³-hybridized carbons (Fsp3) is 0.250. The van der Waals surface area contributed by atoms with Gasteiger partial charge in [-0.3, -0.25) is 0 Å². The molecular formula is C24H28ClNO2. The Balaban J connectivity index is 0.00000280. The summed E-state index contributed by atoms with van der Waals surface area (Å²) in [5.41, 5.74) is 4.46. The van der Waals surface area contributed by atoms with Crippen LogP contribution >= 0.6 is 12.4 Å². The number of hydrogen-bond donors (Lipinski definition) is 2. The molecule has 0 fully saturated rings. The first-order valence-corrected chi connectivity index (χ1v) is 9.35. The highest BCUT2D eigenvalue weighted by Crippen LogP contribution is 2.18. The van der Waals surface area contributed by atoms with Crippen LogP contribution in [0.5, 0.6) is 5.75 Å². The summed E-state index contributed by atoms with van der Waals surface area (Å²) in [6.07, 6.45) is -0.535. The molecule has 3 aromatic carbocycles. The molecule has 0 spiro atoms. The summed E-state index contributed by atoms with van der Waals surface area (Å²) in [5, 5.41) is 13.9. The lowest BCUT2D eigenvalue weighted by atomic mass is 10.0. The molecule has 2 atom stereocenters. The van der Waals surface area contributed by atoms with Crippen molar-refractivity contribution in [2.45, 2.75) is 39.1 Å². The molecule has 0 heterocycles. The first-order valence-electron chi connectivity index (χ1n) is 9.35. The van der Waals surface area contributed by atoms with Gasteiger partial charge in [-0.1, -0.05) is 72.3 Å². The lowest BCUT2D eigenvalue weighted by Crippen LogP contribution is -2.31. The second kappa shape index (κ2) is 10.9. The van der Waals surface area contributed by atoms with Gasteiger partial charge in [0.15, 0.2) is 0 Å². The molecule has 3 nitrogen and oxygen atoms in total. The third kappa shape index (κ3) is 6.38. The van der Waals surface area contributed by atoms with E-state index in [2.05, 4.69) is 42.6 Å². The average Bonchev–Trinajstić information content (AvgIpc) is 2.72. The highest BCUT2D eigenvalue weighted by molar-refractivity contribution is 5.85. The van der Waals surface area contributed by atoms with E-state index in [1.54, 1.807) is 0 Å². The molecule has 3 aromatic rings. The highest BCUT2D eigenvalue weighted by Gasteiger charge is 2.15. The summed E-state index contributed by atoms with van der Waals surface area (Å²) in [6.45, 7) is 5.30. The van der Waals surface area contributed by atoms with E-state index >= 15 is 0 Å². The maximum Gasteiger partial charge on any atom is 0.120 e. The normalized spacial score (nSPS) is 12.7. The lowest BCUT2D eigenvalue weighted by molar-refractivity contribution is 0.135. The largest absolute Gasteiger partial charge is 0.489 e. The fourth-order valence-electron chi connectivity index (χ4n) is 2.93. The Bertz CT molecular complexity index is 837. The zero-order chi connectivity index (χ0) is 19.1. The van der Waals surface area contributed by atoms with Crippen molar-refractivity contribution in [2.24, 2.45) is 0 Å². The van der Waals surface area contributed by atoms with E-state index in [-0.39, 0.29) is 18.4 Å². The van der Waals surface area contributed by atoms with Gasteiger partial charge in [0.2, 0.25) is 0 Å². The van der Waals surface area contributed by atoms with Crippen LogP contribution in [0.15, 0.2) is 78.9 Å². The average molecular weight is 398 g/mol. The van der Waals surface area contributed by atoms with Gasteiger partial charge in [-0.25, -0.2) is 0 Å². The third-order valence-corrected chi connectivity index (χ3v) is 4.67. The molecule has 3 rings (SSSR count). The SMILES string of the molecule is Cc1ccc(COc2cccc(CNC(C)C(O)c3ccccc3)c2)cc1.Cl. The number of halogens is 1. The molecule has 0 aliphatic heterocycles. The predicted octanol–water partition coefficient (Wildman–Crippen LogP) is 5.21. The van der Waals surface area contributed by atoms with Crippen molar-refractivity contribution in [2.75, 3.05) is 0 Å². The van der Waals surface area contributed by atoms with Crippen molar-refractivity contribution in [3.05, 3.63) is 101 Å². The summed E-state index contributed by atoms with van der Waals surface area (Å²) >= 11 is 0. The van der Waals surface area contributed by atoms with Crippen LogP contribution in [0.25, 0.3) is 0 Å². The molecule has 0 saturated carbocycles. The number of hydrogen-bond acceptors (Lipinski definition) is 3. The van der Waals surface area contributed by atoms with Crippen molar-refractivity contribution < 1.29 is 9.84 Å². The Morgan fingerprint density at radius 1 is 0.893 bits per heavy atom. The van der Waals surface area contributed by atoms with Gasteiger partial charge in [0.25, 0.3) is 0 Å². The van der Waals surface area contributed by atoms with E-state index in [9.17, 15) is 5.11 Å². The zero-order valence-corrected chi connectivity index (χ0v) is 17.2. The molecule has 0 aliphatic carbocycles. The van der Waals surface area contributed by atoms with Crippen LogP contribution in [0.4, 0.5) is 0 Å². The Morgan fingerprint density at radius 3 is 2.32 bits per heavy atom. The maximum absolute atomic E-state index is 10.5. The number of rotatable bonds is 8. The molecule has 4 heteroatoms. The second-order valence-corrected chi connectivity index (χ2v) is 6.95. The molecule has 0 saturated heterocycles. The van der Waals surface area contributed by atoms with Gasteiger partial charge in [0, 0.05) is 12.6 Å². The molecule has 2 N–H and O–H groups in total. The van der Waals surface area contributed by atoms with E-state index in [1.165, 1.54) is 5.56 Å². The Morgan fingerprint density at radius 2 is 1.61 bits per heavy atom. The maximum atomic E-state index is 10.5. The molecule has 28 heavy (non-hydrogen) atoms. The summed E-state index contributed by atoms with van der Waals surface area (Å²) in [7, 11) is 0. The summed E-state index contributed by atoms with van der Waals surface area (Å²) in [5.74, 6) is 0.853. The second-order valence-electron chi connectivity index (χ2n) is 6.95. The monoisotopic (exact) mass is 397 g/mol. The molecule has 0 bridgehead atoms. The standard InChI is InChI=1S/C24H27NO2.ClH/c1-18-11-13-20(14-12-18)17-27-23-10-6-7-21(15-23)16-25-19(2)24(26)22-8-4-3-5-9-22;/h3-15,19,24-26H,16-17H2,1-2H3;1H. The number of aliphatic hydroxyl groups excluding tert-OH is 1. The number of aliphatic hydroxyl groups is 1. The topological polar surface area (TPSA) is 41.5 Å². The van der Waals surface area contributed by atoms with Crippen molar-refractivity contribution in [3.63, 3.8) is 0 Å². The molecule has 0 amide bonds. The molecular weight excluding hydrogens is 370 g/mol. The van der Waals surface area contributed by atoms with Crippen molar-refractivity contribution >= 4 is 12.4 Å². The lowest BCUT2D eigenvalue weighted by Gasteiger charge is -2.21. The van der Waals surface area contributed by atoms with Crippen LogP contribution in [0.1, 0.15) is 35.3 Å². The van der Waals surface area contributed by atoms with Crippen molar-refractivity contribution in [3.8, 4) is 5.75 Å². The molecule has 148 valence electrons. The minimum atomic E-state index is -0.535. The fourth-order valence-corrected chi connectivity index (χ4v) is 2.93. The minimum absolute atomic E-state index is 0. The third-order valence-electron chi connectivity index (χ3n) is 4.67. The summed E-state index contributed by atoms with van der Waals surface area (Å²) in [4.78, 5) is 0. The number of nitrogens with one attached hydrogen (secondary N) is 1. The number of aryl methyl sites for hydroxylation is 1. The van der Waals surface area contributed by atoms with Gasteiger partial charge in [-0.15, -0.1) is 12.4 Å². The van der Waals surface area contributed by atoms with Crippen LogP contribution in [0, 0.1) is 6.92 Å². The van der Waals surface area contributed by atoms with E-state index in [0.717, 1.165) is 22.4 Å². The van der Waals surface area contributed by atoms with Gasteiger partial charge in [-0.2, -0.15) is 0 Å². The van der Waals surface area contributed by atoms with Crippen molar-refractivity contribution in [1.29, 1.82) is 0 Å². The van der Waals surface area contributed by atoms with E-state index in [0.29, 0.717) is 13.2 Å². The molecule has 0 radical (unpaired) electrons. The Labute approximate surface area is 173 Å². The first kappa shape index (κ1) is 22.0. The Kier molecular flexibility index (Phi) is 8.52. The van der Waals surface area contributed by atoms with Gasteiger partial charge >= 0.3 is 0 Å². The molecule has 2 unspecified atom stereocenters. The minimum Gasteiger partial charge on any atom is -0.489 e. The van der Waals surface area contributed by atoms with Crippen LogP contribution in [-0.4, -0.2) is 11.1 Å². The first-order chi connectivity index (χ1) is 13.1. The van der Waals surface area contributed by atoms with E-state index in [4.69, 9.17) is 4.74 Å².